The SMILES string of the molecule is COc1cc2ccccc2cc1C(=O)N/N=C\c1cc(I)c(OCc2cccc(C)c2)c(I)c1. The zero-order valence-electron chi connectivity index (χ0n) is 18.6. The molecule has 4 rings (SSSR count). The fourth-order valence-electron chi connectivity index (χ4n) is 3.54. The molecule has 0 aliphatic heterocycles. The maximum absolute atomic E-state index is 12.8. The lowest BCUT2D eigenvalue weighted by molar-refractivity contribution is 0.0952. The molecule has 0 atom stereocenters. The average Bonchev–Trinajstić information content (AvgIpc) is 2.82. The Labute approximate surface area is 225 Å². The topological polar surface area (TPSA) is 59.9 Å². The average molecular weight is 676 g/mol. The van der Waals surface area contributed by atoms with Crippen LogP contribution in [0.5, 0.6) is 11.5 Å². The first-order valence-electron chi connectivity index (χ1n) is 10.5. The summed E-state index contributed by atoms with van der Waals surface area (Å²) in [6.07, 6.45) is 1.63. The van der Waals surface area contributed by atoms with Gasteiger partial charge in [-0.3, -0.25) is 4.79 Å². The van der Waals surface area contributed by atoms with Crippen molar-refractivity contribution in [1.82, 2.24) is 5.43 Å². The summed E-state index contributed by atoms with van der Waals surface area (Å²) in [4.78, 5) is 12.8. The van der Waals surface area contributed by atoms with Crippen molar-refractivity contribution in [3.8, 4) is 11.5 Å². The number of rotatable bonds is 7. The van der Waals surface area contributed by atoms with Gasteiger partial charge in [0.25, 0.3) is 5.91 Å². The van der Waals surface area contributed by atoms with Gasteiger partial charge in [0, 0.05) is 0 Å². The van der Waals surface area contributed by atoms with Gasteiger partial charge in [-0.1, -0.05) is 54.1 Å². The van der Waals surface area contributed by atoms with E-state index in [0.717, 1.165) is 34.8 Å². The molecular formula is C27H22I2N2O3. The second kappa shape index (κ2) is 11.2. The normalized spacial score (nSPS) is 11.1. The maximum atomic E-state index is 12.8. The van der Waals surface area contributed by atoms with Gasteiger partial charge in [0.2, 0.25) is 0 Å². The molecule has 0 heterocycles. The number of carbonyl (C=O) groups is 1. The van der Waals surface area contributed by atoms with E-state index >= 15 is 0 Å². The molecular weight excluding hydrogens is 654 g/mol. The number of hydrazone groups is 1. The van der Waals surface area contributed by atoms with Crippen molar-refractivity contribution < 1.29 is 14.3 Å². The van der Waals surface area contributed by atoms with Crippen LogP contribution in [-0.2, 0) is 6.61 Å². The molecule has 0 unspecified atom stereocenters. The molecule has 1 amide bonds. The van der Waals surface area contributed by atoms with Crippen molar-refractivity contribution in [2.24, 2.45) is 5.10 Å². The van der Waals surface area contributed by atoms with Crippen molar-refractivity contribution in [3.05, 3.63) is 102 Å². The number of aryl methyl sites for hydroxylation is 1. The summed E-state index contributed by atoms with van der Waals surface area (Å²) >= 11 is 4.51. The Morgan fingerprint density at radius 1 is 0.971 bits per heavy atom. The fourth-order valence-corrected chi connectivity index (χ4v) is 5.67. The van der Waals surface area contributed by atoms with E-state index in [-0.39, 0.29) is 5.91 Å². The molecule has 7 heteroatoms. The van der Waals surface area contributed by atoms with Gasteiger partial charge in [0.15, 0.2) is 0 Å². The predicted molar refractivity (Wildman–Crippen MR) is 153 cm³/mol. The number of nitrogens with one attached hydrogen (secondary N) is 1. The fraction of sp³-hybridized carbons (Fsp3) is 0.111. The predicted octanol–water partition coefficient (Wildman–Crippen LogP) is 6.71. The first kappa shape index (κ1) is 24.5. The molecule has 0 aromatic heterocycles. The van der Waals surface area contributed by atoms with Crippen molar-refractivity contribution in [1.29, 1.82) is 0 Å². The highest BCUT2D eigenvalue weighted by atomic mass is 127. The van der Waals surface area contributed by atoms with E-state index in [1.165, 1.54) is 5.56 Å². The Balaban J connectivity index is 1.45. The summed E-state index contributed by atoms with van der Waals surface area (Å²) < 4.78 is 13.4. The molecule has 0 radical (unpaired) electrons. The van der Waals surface area contributed by atoms with Crippen LogP contribution in [0.1, 0.15) is 27.0 Å². The molecule has 0 bridgehead atoms. The smallest absolute Gasteiger partial charge is 0.275 e. The van der Waals surface area contributed by atoms with Crippen molar-refractivity contribution in [2.45, 2.75) is 13.5 Å². The molecule has 0 saturated carbocycles. The molecule has 4 aromatic carbocycles. The van der Waals surface area contributed by atoms with Crippen LogP contribution in [0.15, 0.2) is 77.9 Å². The van der Waals surface area contributed by atoms with Crippen LogP contribution in [0.25, 0.3) is 10.8 Å². The number of nitrogens with zero attached hydrogens (tertiary/aromatic N) is 1. The first-order chi connectivity index (χ1) is 16.4. The highest BCUT2D eigenvalue weighted by Gasteiger charge is 2.13. The lowest BCUT2D eigenvalue weighted by Crippen LogP contribution is -2.18. The van der Waals surface area contributed by atoms with Gasteiger partial charge in [0.1, 0.15) is 18.1 Å². The van der Waals surface area contributed by atoms with Crippen LogP contribution >= 0.6 is 45.2 Å². The minimum atomic E-state index is -0.332. The molecule has 0 aliphatic rings. The lowest BCUT2D eigenvalue weighted by Gasteiger charge is -2.12. The minimum Gasteiger partial charge on any atom is -0.496 e. The second-order valence-corrected chi connectivity index (χ2v) is 10.0. The van der Waals surface area contributed by atoms with Gasteiger partial charge in [-0.2, -0.15) is 5.10 Å². The quantitative estimate of drug-likeness (QED) is 0.135. The minimum absolute atomic E-state index is 0.332. The zero-order chi connectivity index (χ0) is 24.1. The van der Waals surface area contributed by atoms with Gasteiger partial charge in [-0.25, -0.2) is 5.43 Å². The monoisotopic (exact) mass is 676 g/mol. The number of benzene rings is 4. The molecule has 5 nitrogen and oxygen atoms in total. The number of ether oxygens (including phenoxy) is 2. The van der Waals surface area contributed by atoms with E-state index in [2.05, 4.69) is 80.8 Å². The van der Waals surface area contributed by atoms with Gasteiger partial charge < -0.3 is 9.47 Å². The lowest BCUT2D eigenvalue weighted by atomic mass is 10.1. The van der Waals surface area contributed by atoms with E-state index in [1.807, 2.05) is 54.6 Å². The second-order valence-electron chi connectivity index (χ2n) is 7.69. The van der Waals surface area contributed by atoms with Crippen LogP contribution < -0.4 is 14.9 Å². The van der Waals surface area contributed by atoms with E-state index in [9.17, 15) is 4.79 Å². The number of hydrogen-bond acceptors (Lipinski definition) is 4. The van der Waals surface area contributed by atoms with E-state index < -0.39 is 0 Å². The Kier molecular flexibility index (Phi) is 8.04. The number of carbonyl (C=O) groups excluding carboxylic acids is 1. The van der Waals surface area contributed by atoms with Crippen molar-refractivity contribution >= 4 is 68.1 Å². The molecule has 0 aliphatic carbocycles. The molecule has 0 spiro atoms. The number of halogens is 2. The van der Waals surface area contributed by atoms with Crippen LogP contribution in [-0.4, -0.2) is 19.2 Å². The van der Waals surface area contributed by atoms with Crippen LogP contribution in [0.3, 0.4) is 0 Å². The summed E-state index contributed by atoms with van der Waals surface area (Å²) in [5.74, 6) is 1.01. The van der Waals surface area contributed by atoms with Crippen LogP contribution in [0.2, 0.25) is 0 Å². The summed E-state index contributed by atoms with van der Waals surface area (Å²) in [7, 11) is 1.55. The highest BCUT2D eigenvalue weighted by molar-refractivity contribution is 14.1. The number of hydrogen-bond donors (Lipinski definition) is 1. The summed E-state index contributed by atoms with van der Waals surface area (Å²) in [6, 6.07) is 23.7. The summed E-state index contributed by atoms with van der Waals surface area (Å²) in [5.41, 5.74) is 6.24. The van der Waals surface area contributed by atoms with Gasteiger partial charge >= 0.3 is 0 Å². The van der Waals surface area contributed by atoms with Gasteiger partial charge in [0.05, 0.1) is 26.0 Å². The number of fused-ring (bicyclic) bond motifs is 1. The standard InChI is InChI=1S/C27H22I2N2O3/c1-17-6-5-7-18(10-17)16-34-26-23(28)11-19(12-24(26)29)15-30-31-27(32)22-13-20-8-3-4-9-21(20)14-25(22)33-2/h3-15H,16H2,1-2H3,(H,31,32)/b30-15-. The summed E-state index contributed by atoms with van der Waals surface area (Å²) in [6.45, 7) is 2.57. The van der Waals surface area contributed by atoms with E-state index in [1.54, 1.807) is 13.3 Å². The van der Waals surface area contributed by atoms with Crippen LogP contribution in [0, 0.1) is 14.1 Å². The molecule has 0 fully saturated rings. The summed E-state index contributed by atoms with van der Waals surface area (Å²) in [5, 5.41) is 6.13. The van der Waals surface area contributed by atoms with Crippen LogP contribution in [0.4, 0.5) is 0 Å². The van der Waals surface area contributed by atoms with E-state index in [4.69, 9.17) is 9.47 Å². The van der Waals surface area contributed by atoms with Crippen molar-refractivity contribution in [2.75, 3.05) is 7.11 Å². The molecule has 34 heavy (non-hydrogen) atoms. The first-order valence-corrected chi connectivity index (χ1v) is 12.7. The third-order valence-corrected chi connectivity index (χ3v) is 6.78. The Bertz CT molecular complexity index is 1360. The third kappa shape index (κ3) is 5.87. The Morgan fingerprint density at radius 3 is 2.35 bits per heavy atom. The highest BCUT2D eigenvalue weighted by Crippen LogP contribution is 2.29. The number of methoxy groups -OCH3 is 1. The third-order valence-electron chi connectivity index (χ3n) is 5.18. The number of amides is 1. The Hall–Kier alpha value is -2.66. The Morgan fingerprint density at radius 2 is 1.68 bits per heavy atom. The van der Waals surface area contributed by atoms with Gasteiger partial charge in [-0.05, 0) is 98.3 Å². The van der Waals surface area contributed by atoms with Gasteiger partial charge in [-0.15, -0.1) is 0 Å². The molecule has 172 valence electrons. The molecule has 1 N–H and O–H groups in total. The zero-order valence-corrected chi connectivity index (χ0v) is 23.0. The molecule has 0 saturated heterocycles. The van der Waals surface area contributed by atoms with E-state index in [0.29, 0.717) is 17.9 Å². The molecule has 4 aromatic rings. The maximum Gasteiger partial charge on any atom is 0.275 e. The van der Waals surface area contributed by atoms with Crippen molar-refractivity contribution in [3.63, 3.8) is 0 Å². The largest absolute Gasteiger partial charge is 0.496 e.